The molecule has 0 aromatic heterocycles. The number of aliphatic hydroxyl groups excluding tert-OH is 1. The highest BCUT2D eigenvalue weighted by Crippen LogP contribution is 2.74. The topological polar surface area (TPSA) is 20.2 Å². The second-order valence-corrected chi connectivity index (χ2v) is 5.32. The van der Waals surface area contributed by atoms with E-state index in [1.165, 1.54) is 6.42 Å². The van der Waals surface area contributed by atoms with Gasteiger partial charge in [-0.15, -0.1) is 0 Å². The Hall–Kier alpha value is -0.0400. The molecule has 0 aliphatic heterocycles. The third-order valence-electron chi connectivity index (χ3n) is 4.65. The summed E-state index contributed by atoms with van der Waals surface area (Å²) in [5.41, 5.74) is 0.465. The highest BCUT2D eigenvalue weighted by atomic mass is 16.3. The van der Waals surface area contributed by atoms with Crippen molar-refractivity contribution in [3.63, 3.8) is 0 Å². The van der Waals surface area contributed by atoms with Gasteiger partial charge in [0.25, 0.3) is 0 Å². The standard InChI is InChI=1S/C10H16O/c1-10(2)7-3-5-6(9(5)10)4-8(7)11/h5-9,11H,3-4H2,1-2H3. The lowest BCUT2D eigenvalue weighted by atomic mass is 9.67. The van der Waals surface area contributed by atoms with E-state index >= 15 is 0 Å². The summed E-state index contributed by atoms with van der Waals surface area (Å²) < 4.78 is 0. The number of fused-ring (bicyclic) bond motifs is 1. The summed E-state index contributed by atoms with van der Waals surface area (Å²) >= 11 is 0. The lowest BCUT2D eigenvalue weighted by Crippen LogP contribution is -2.39. The first-order chi connectivity index (χ1) is 5.12. The molecule has 4 rings (SSSR count). The molecule has 62 valence electrons. The van der Waals surface area contributed by atoms with Crippen LogP contribution in [0.4, 0.5) is 0 Å². The second-order valence-electron chi connectivity index (χ2n) is 5.32. The van der Waals surface area contributed by atoms with Crippen molar-refractivity contribution in [1.82, 2.24) is 0 Å². The van der Waals surface area contributed by atoms with E-state index in [4.69, 9.17) is 0 Å². The van der Waals surface area contributed by atoms with Crippen LogP contribution < -0.4 is 0 Å². The molecule has 0 aromatic rings. The third-order valence-corrected chi connectivity index (χ3v) is 4.65. The maximum absolute atomic E-state index is 9.75. The molecule has 4 aliphatic rings. The predicted octanol–water partition coefficient (Wildman–Crippen LogP) is 1.66. The van der Waals surface area contributed by atoms with Gasteiger partial charge in [-0.1, -0.05) is 13.8 Å². The molecule has 1 nitrogen and oxygen atoms in total. The van der Waals surface area contributed by atoms with Crippen molar-refractivity contribution >= 4 is 0 Å². The fourth-order valence-corrected chi connectivity index (χ4v) is 4.13. The van der Waals surface area contributed by atoms with Gasteiger partial charge in [0.15, 0.2) is 0 Å². The third kappa shape index (κ3) is 0.547. The minimum absolute atomic E-state index is 0.0324. The molecule has 0 radical (unpaired) electrons. The van der Waals surface area contributed by atoms with Gasteiger partial charge >= 0.3 is 0 Å². The predicted molar refractivity (Wildman–Crippen MR) is 43.0 cm³/mol. The molecule has 11 heavy (non-hydrogen) atoms. The lowest BCUT2D eigenvalue weighted by molar-refractivity contribution is -0.0150. The van der Waals surface area contributed by atoms with Crippen molar-refractivity contribution in [2.75, 3.05) is 0 Å². The maximum Gasteiger partial charge on any atom is 0.0576 e. The zero-order valence-corrected chi connectivity index (χ0v) is 7.25. The molecule has 4 aliphatic carbocycles. The van der Waals surface area contributed by atoms with Crippen LogP contribution in [0.2, 0.25) is 0 Å². The number of rotatable bonds is 0. The van der Waals surface area contributed by atoms with E-state index in [0.717, 1.165) is 24.2 Å². The molecule has 4 bridgehead atoms. The van der Waals surface area contributed by atoms with Crippen LogP contribution in [0.5, 0.6) is 0 Å². The van der Waals surface area contributed by atoms with Gasteiger partial charge < -0.3 is 5.11 Å². The first-order valence-corrected chi connectivity index (χ1v) is 4.80. The molecule has 1 heteroatoms. The smallest absolute Gasteiger partial charge is 0.0576 e. The Bertz CT molecular complexity index is 209. The lowest BCUT2D eigenvalue weighted by Gasteiger charge is -2.40. The first-order valence-electron chi connectivity index (χ1n) is 4.80. The first kappa shape index (κ1) is 6.47. The molecular formula is C10H16O. The zero-order chi connectivity index (χ0) is 7.80. The Kier molecular flexibility index (Phi) is 0.893. The summed E-state index contributed by atoms with van der Waals surface area (Å²) in [6.45, 7) is 4.70. The van der Waals surface area contributed by atoms with Gasteiger partial charge in [0, 0.05) is 0 Å². The van der Waals surface area contributed by atoms with Crippen molar-refractivity contribution in [3.05, 3.63) is 0 Å². The average molecular weight is 152 g/mol. The van der Waals surface area contributed by atoms with E-state index in [2.05, 4.69) is 13.8 Å². The van der Waals surface area contributed by atoms with Crippen molar-refractivity contribution in [2.45, 2.75) is 32.8 Å². The Morgan fingerprint density at radius 1 is 1.18 bits per heavy atom. The molecule has 0 saturated heterocycles. The number of hydrogen-bond donors (Lipinski definition) is 1. The molecule has 0 aromatic carbocycles. The van der Waals surface area contributed by atoms with E-state index in [1.807, 2.05) is 0 Å². The van der Waals surface area contributed by atoms with Crippen molar-refractivity contribution < 1.29 is 5.11 Å². The van der Waals surface area contributed by atoms with Crippen molar-refractivity contribution in [1.29, 1.82) is 0 Å². The van der Waals surface area contributed by atoms with Crippen LogP contribution in [0.15, 0.2) is 0 Å². The van der Waals surface area contributed by atoms with Gasteiger partial charge in [-0.3, -0.25) is 0 Å². The van der Waals surface area contributed by atoms with Crippen LogP contribution in [0, 0.1) is 29.1 Å². The van der Waals surface area contributed by atoms with Gasteiger partial charge in [0.05, 0.1) is 6.10 Å². The van der Waals surface area contributed by atoms with Crippen LogP contribution in [-0.2, 0) is 0 Å². The molecule has 5 unspecified atom stereocenters. The molecule has 0 spiro atoms. The van der Waals surface area contributed by atoms with Crippen LogP contribution in [0.3, 0.4) is 0 Å². The van der Waals surface area contributed by atoms with E-state index in [1.54, 1.807) is 0 Å². The quantitative estimate of drug-likeness (QED) is 0.559. The molecule has 4 saturated carbocycles. The van der Waals surface area contributed by atoms with E-state index in [0.29, 0.717) is 11.3 Å². The minimum atomic E-state index is 0.0324. The van der Waals surface area contributed by atoms with Crippen molar-refractivity contribution in [3.8, 4) is 0 Å². The van der Waals surface area contributed by atoms with E-state index in [-0.39, 0.29) is 6.10 Å². The van der Waals surface area contributed by atoms with E-state index in [9.17, 15) is 5.11 Å². The minimum Gasteiger partial charge on any atom is -0.393 e. The largest absolute Gasteiger partial charge is 0.393 e. The fraction of sp³-hybridized carbons (Fsp3) is 1.00. The van der Waals surface area contributed by atoms with E-state index < -0.39 is 0 Å². The summed E-state index contributed by atoms with van der Waals surface area (Å²) in [5.74, 6) is 3.53. The average Bonchev–Trinajstić information content (AvgIpc) is 2.51. The molecule has 5 atom stereocenters. The molecule has 4 fully saturated rings. The number of aliphatic hydroxyl groups is 1. The molecule has 0 amide bonds. The summed E-state index contributed by atoms with van der Waals surface area (Å²) in [5, 5.41) is 9.75. The Morgan fingerprint density at radius 2 is 1.82 bits per heavy atom. The van der Waals surface area contributed by atoms with Gasteiger partial charge in [-0.05, 0) is 41.9 Å². The van der Waals surface area contributed by atoms with Gasteiger partial charge in [-0.2, -0.15) is 0 Å². The highest BCUT2D eigenvalue weighted by molar-refractivity contribution is 5.18. The highest BCUT2D eigenvalue weighted by Gasteiger charge is 2.70. The number of hydrogen-bond acceptors (Lipinski definition) is 1. The van der Waals surface area contributed by atoms with Gasteiger partial charge in [0.2, 0.25) is 0 Å². The maximum atomic E-state index is 9.75. The van der Waals surface area contributed by atoms with Crippen LogP contribution >= 0.6 is 0 Å². The van der Waals surface area contributed by atoms with Crippen LogP contribution in [0.1, 0.15) is 26.7 Å². The molecule has 1 N–H and O–H groups in total. The Balaban J connectivity index is 2.01. The summed E-state index contributed by atoms with van der Waals surface area (Å²) in [6.07, 6.45) is 2.47. The summed E-state index contributed by atoms with van der Waals surface area (Å²) in [4.78, 5) is 0. The summed E-state index contributed by atoms with van der Waals surface area (Å²) in [6, 6.07) is 0. The van der Waals surface area contributed by atoms with Gasteiger partial charge in [0.1, 0.15) is 0 Å². The normalized spacial score (nSPS) is 63.0. The Labute approximate surface area is 67.8 Å². The fourth-order valence-electron chi connectivity index (χ4n) is 4.13. The second kappa shape index (κ2) is 1.52. The van der Waals surface area contributed by atoms with Gasteiger partial charge in [-0.25, -0.2) is 0 Å². The van der Waals surface area contributed by atoms with Crippen molar-refractivity contribution in [2.24, 2.45) is 29.1 Å². The molecular weight excluding hydrogens is 136 g/mol. The zero-order valence-electron chi connectivity index (χ0n) is 7.25. The Morgan fingerprint density at radius 3 is 2.18 bits per heavy atom. The van der Waals surface area contributed by atoms with Crippen LogP contribution in [0.25, 0.3) is 0 Å². The SMILES string of the molecule is CC1(C)C2CC3C(CC2O)C31. The summed E-state index contributed by atoms with van der Waals surface area (Å²) in [7, 11) is 0. The monoisotopic (exact) mass is 152 g/mol. The van der Waals surface area contributed by atoms with Crippen LogP contribution in [-0.4, -0.2) is 11.2 Å². The molecule has 0 heterocycles.